The number of nitriles is 1. The quantitative estimate of drug-likeness (QED) is 0.594. The first-order chi connectivity index (χ1) is 17.1. The van der Waals surface area contributed by atoms with E-state index in [1.807, 2.05) is 0 Å². The summed E-state index contributed by atoms with van der Waals surface area (Å²) in [5.74, 6) is -3.51. The zero-order chi connectivity index (χ0) is 25.8. The Kier molecular flexibility index (Phi) is 5.70. The van der Waals surface area contributed by atoms with Crippen LogP contribution in [0.15, 0.2) is 29.1 Å². The van der Waals surface area contributed by atoms with E-state index in [1.54, 1.807) is 6.07 Å². The number of halogens is 2. The van der Waals surface area contributed by atoms with Gasteiger partial charge in [-0.25, -0.2) is 17.2 Å². The van der Waals surface area contributed by atoms with Crippen molar-refractivity contribution in [3.8, 4) is 6.07 Å². The summed E-state index contributed by atoms with van der Waals surface area (Å²) in [6.45, 7) is -0.280. The number of aromatic nitrogens is 1. The van der Waals surface area contributed by atoms with Crippen LogP contribution in [0.1, 0.15) is 57.7 Å². The largest absolute Gasteiger partial charge is 0.348 e. The van der Waals surface area contributed by atoms with E-state index in [0.717, 1.165) is 10.6 Å². The second-order valence-corrected chi connectivity index (χ2v) is 12.1. The molecule has 36 heavy (non-hydrogen) atoms. The molecule has 2 heterocycles. The highest BCUT2D eigenvalue weighted by Gasteiger charge is 2.60. The average molecular weight is 517 g/mol. The summed E-state index contributed by atoms with van der Waals surface area (Å²) in [6, 6.07) is 6.14. The lowest BCUT2D eigenvalue weighted by Gasteiger charge is -2.32. The molecule has 0 atom stereocenters. The molecule has 1 aromatic carbocycles. The number of amides is 2. The van der Waals surface area contributed by atoms with Gasteiger partial charge >= 0.3 is 0 Å². The van der Waals surface area contributed by atoms with Crippen molar-refractivity contribution in [2.75, 3.05) is 13.1 Å². The lowest BCUT2D eigenvalue weighted by atomic mass is 10.1. The van der Waals surface area contributed by atoms with Crippen molar-refractivity contribution in [3.05, 3.63) is 68.6 Å². The molecule has 2 fully saturated rings. The van der Waals surface area contributed by atoms with E-state index < -0.39 is 54.8 Å². The molecule has 188 valence electrons. The molecule has 2 saturated carbocycles. The predicted molar refractivity (Wildman–Crippen MR) is 123 cm³/mol. The maximum absolute atomic E-state index is 15.0. The number of pyridine rings is 1. The number of carbonyl (C=O) groups is 2. The van der Waals surface area contributed by atoms with E-state index in [1.165, 1.54) is 17.0 Å². The van der Waals surface area contributed by atoms with E-state index in [4.69, 9.17) is 5.26 Å². The van der Waals surface area contributed by atoms with Crippen molar-refractivity contribution in [1.29, 1.82) is 5.26 Å². The van der Waals surface area contributed by atoms with E-state index >= 15 is 4.39 Å². The van der Waals surface area contributed by atoms with Gasteiger partial charge in [-0.3, -0.25) is 19.0 Å². The minimum atomic E-state index is -3.38. The molecule has 0 unspecified atom stereocenters. The molecule has 3 aliphatic rings. The summed E-state index contributed by atoms with van der Waals surface area (Å²) in [5, 5.41) is 10.8. The molecule has 0 saturated heterocycles. The van der Waals surface area contributed by atoms with E-state index in [2.05, 4.69) is 5.32 Å². The zero-order valence-electron chi connectivity index (χ0n) is 19.1. The van der Waals surface area contributed by atoms with Crippen LogP contribution in [0.2, 0.25) is 0 Å². The van der Waals surface area contributed by atoms with E-state index in [0.29, 0.717) is 37.3 Å². The molecular formula is C24H22F2N4O5S. The van der Waals surface area contributed by atoms with Crippen LogP contribution in [-0.2, 0) is 22.9 Å². The van der Waals surface area contributed by atoms with Crippen molar-refractivity contribution < 1.29 is 26.8 Å². The fourth-order valence-corrected chi connectivity index (χ4v) is 7.11. The maximum atomic E-state index is 15.0. The first-order valence-corrected chi connectivity index (χ1v) is 13.1. The zero-order valence-corrected chi connectivity index (χ0v) is 19.9. The number of hydrogen-bond donors (Lipinski definition) is 1. The number of nitrogens with zero attached hydrogens (tertiary/aromatic N) is 3. The topological polar surface area (TPSA) is 129 Å². The van der Waals surface area contributed by atoms with E-state index in [9.17, 15) is 27.2 Å². The number of fused-ring (bicyclic) bond motifs is 1. The highest BCUT2D eigenvalue weighted by Crippen LogP contribution is 2.50. The number of carbonyl (C=O) groups excluding carboxylic acids is 2. The first kappa shape index (κ1) is 24.1. The SMILES string of the molecule is N#Cc1ccc(CNC(=O)c2cc(F)c3n(c2=O)CCN(CC2(S(=O)(=O)C4CC4)CC2)C3=O)cc1F. The Morgan fingerprint density at radius 2 is 1.86 bits per heavy atom. The molecule has 9 nitrogen and oxygen atoms in total. The van der Waals surface area contributed by atoms with E-state index in [-0.39, 0.29) is 37.0 Å². The first-order valence-electron chi connectivity index (χ1n) is 11.5. The Morgan fingerprint density at radius 1 is 1.14 bits per heavy atom. The molecule has 1 aliphatic heterocycles. The lowest BCUT2D eigenvalue weighted by Crippen LogP contribution is -2.51. The fourth-order valence-electron chi connectivity index (χ4n) is 4.64. The van der Waals surface area contributed by atoms with Gasteiger partial charge in [0.15, 0.2) is 15.7 Å². The van der Waals surface area contributed by atoms with Gasteiger partial charge < -0.3 is 10.2 Å². The van der Waals surface area contributed by atoms with Gasteiger partial charge in [-0.15, -0.1) is 0 Å². The molecule has 0 radical (unpaired) electrons. The molecule has 2 aromatic rings. The molecule has 1 aromatic heterocycles. The summed E-state index contributed by atoms with van der Waals surface area (Å²) in [5.41, 5.74) is -1.69. The average Bonchev–Trinajstić information content (AvgIpc) is 3.75. The van der Waals surface area contributed by atoms with Crippen LogP contribution >= 0.6 is 0 Å². The minimum absolute atomic E-state index is 0.0166. The number of sulfone groups is 1. The Balaban J connectivity index is 1.34. The van der Waals surface area contributed by atoms with Crippen LogP contribution in [0.5, 0.6) is 0 Å². The third-order valence-electron chi connectivity index (χ3n) is 7.03. The van der Waals surface area contributed by atoms with Crippen LogP contribution in [0, 0.1) is 23.0 Å². The molecule has 0 bridgehead atoms. The van der Waals surface area contributed by atoms with Crippen LogP contribution in [0.25, 0.3) is 0 Å². The van der Waals surface area contributed by atoms with Gasteiger partial charge in [-0.1, -0.05) is 6.07 Å². The third-order valence-corrected chi connectivity index (χ3v) is 10.1. The van der Waals surface area contributed by atoms with Gasteiger partial charge in [0, 0.05) is 26.2 Å². The summed E-state index contributed by atoms with van der Waals surface area (Å²) in [6.07, 6.45) is 2.14. The van der Waals surface area contributed by atoms with Crippen molar-refractivity contribution in [2.24, 2.45) is 0 Å². The molecule has 2 aliphatic carbocycles. The highest BCUT2D eigenvalue weighted by atomic mass is 32.2. The van der Waals surface area contributed by atoms with Crippen molar-refractivity contribution in [3.63, 3.8) is 0 Å². The van der Waals surface area contributed by atoms with Crippen LogP contribution in [0.4, 0.5) is 8.78 Å². The van der Waals surface area contributed by atoms with Gasteiger partial charge in [0.1, 0.15) is 23.1 Å². The van der Waals surface area contributed by atoms with Crippen molar-refractivity contribution in [1.82, 2.24) is 14.8 Å². The summed E-state index contributed by atoms with van der Waals surface area (Å²) in [7, 11) is -3.38. The minimum Gasteiger partial charge on any atom is -0.348 e. The lowest BCUT2D eigenvalue weighted by molar-refractivity contribution is 0.0686. The Labute approximate surface area is 205 Å². The summed E-state index contributed by atoms with van der Waals surface area (Å²) < 4.78 is 54.3. The molecule has 1 N–H and O–H groups in total. The Hall–Kier alpha value is -3.59. The normalized spacial score (nSPS) is 18.4. The van der Waals surface area contributed by atoms with Gasteiger partial charge in [0.25, 0.3) is 17.4 Å². The molecule has 5 rings (SSSR count). The number of benzene rings is 1. The van der Waals surface area contributed by atoms with Crippen LogP contribution in [0.3, 0.4) is 0 Å². The van der Waals surface area contributed by atoms with Crippen molar-refractivity contribution in [2.45, 2.75) is 48.8 Å². The Morgan fingerprint density at radius 3 is 2.47 bits per heavy atom. The molecule has 0 spiro atoms. The summed E-state index contributed by atoms with van der Waals surface area (Å²) >= 11 is 0. The second-order valence-electron chi connectivity index (χ2n) is 9.47. The third kappa shape index (κ3) is 3.97. The predicted octanol–water partition coefficient (Wildman–Crippen LogP) is 1.49. The van der Waals surface area contributed by atoms with Gasteiger partial charge in [0.05, 0.1) is 15.6 Å². The monoisotopic (exact) mass is 516 g/mol. The molecule has 12 heteroatoms. The second kappa shape index (κ2) is 8.51. The maximum Gasteiger partial charge on any atom is 0.273 e. The highest BCUT2D eigenvalue weighted by molar-refractivity contribution is 7.94. The Bertz CT molecular complexity index is 1500. The standard InChI is InChI=1S/C24H22F2N4O5S/c25-18-9-14(1-2-15(18)11-27)12-28-21(31)17-10-19(26)20-23(33)29(7-8-30(20)22(17)32)13-24(5-6-24)36(34,35)16-3-4-16/h1-2,9-10,16H,3-8,12-13H2,(H,28,31). The van der Waals surface area contributed by atoms with Crippen LogP contribution < -0.4 is 10.9 Å². The van der Waals surface area contributed by atoms with Gasteiger partial charge in [-0.2, -0.15) is 5.26 Å². The molecular weight excluding hydrogens is 494 g/mol. The number of hydrogen-bond acceptors (Lipinski definition) is 6. The van der Waals surface area contributed by atoms with Gasteiger partial charge in [-0.05, 0) is 49.4 Å². The summed E-state index contributed by atoms with van der Waals surface area (Å²) in [4.78, 5) is 39.9. The fraction of sp³-hybridized carbons (Fsp3) is 0.417. The van der Waals surface area contributed by atoms with Crippen LogP contribution in [-0.4, -0.2) is 52.8 Å². The smallest absolute Gasteiger partial charge is 0.273 e. The number of rotatable bonds is 7. The van der Waals surface area contributed by atoms with Crippen molar-refractivity contribution >= 4 is 21.7 Å². The number of nitrogens with one attached hydrogen (secondary N) is 1. The van der Waals surface area contributed by atoms with Gasteiger partial charge in [0.2, 0.25) is 0 Å². The molecule has 2 amide bonds.